The van der Waals surface area contributed by atoms with Crippen LogP contribution < -0.4 is 0 Å². The van der Waals surface area contributed by atoms with Crippen LogP contribution in [0.2, 0.25) is 5.02 Å². The molecule has 0 spiro atoms. The summed E-state index contributed by atoms with van der Waals surface area (Å²) in [6, 6.07) is 14.1. The van der Waals surface area contributed by atoms with E-state index >= 15 is 0 Å². The molecule has 0 fully saturated rings. The molecular formula is C24H27BrClNO3. The van der Waals surface area contributed by atoms with Crippen molar-refractivity contribution >= 4 is 39.4 Å². The van der Waals surface area contributed by atoms with Gasteiger partial charge in [-0.15, -0.1) is 0 Å². The Morgan fingerprint density at radius 2 is 1.87 bits per heavy atom. The highest BCUT2D eigenvalue weighted by Gasteiger charge is 2.43. The van der Waals surface area contributed by atoms with Crippen LogP contribution in [-0.4, -0.2) is 36.0 Å². The van der Waals surface area contributed by atoms with E-state index in [4.69, 9.17) is 16.3 Å². The summed E-state index contributed by atoms with van der Waals surface area (Å²) in [5.41, 5.74) is 2.39. The van der Waals surface area contributed by atoms with E-state index in [1.54, 1.807) is 11.9 Å². The molecule has 1 amide bonds. The minimum absolute atomic E-state index is 0.0148. The number of carbonyl (C=O) groups is 2. The summed E-state index contributed by atoms with van der Waals surface area (Å²) < 4.78 is 6.41. The van der Waals surface area contributed by atoms with Crippen LogP contribution in [0.15, 0.2) is 46.9 Å². The van der Waals surface area contributed by atoms with Crippen LogP contribution in [0.1, 0.15) is 50.3 Å². The number of rotatable bonds is 6. The fourth-order valence-corrected chi connectivity index (χ4v) is 5.08. The van der Waals surface area contributed by atoms with Crippen molar-refractivity contribution < 1.29 is 14.3 Å². The second kappa shape index (κ2) is 8.72. The highest BCUT2D eigenvalue weighted by molar-refractivity contribution is 9.10. The number of hydrogen-bond donors (Lipinski definition) is 0. The monoisotopic (exact) mass is 491 g/mol. The number of esters is 1. The minimum Gasteiger partial charge on any atom is -0.458 e. The lowest BCUT2D eigenvalue weighted by Gasteiger charge is -2.35. The molecule has 0 aliphatic heterocycles. The van der Waals surface area contributed by atoms with Crippen LogP contribution >= 0.6 is 27.5 Å². The fraction of sp³-hybridized carbons (Fsp3) is 0.417. The van der Waals surface area contributed by atoms with Crippen molar-refractivity contribution in [3.63, 3.8) is 0 Å². The highest BCUT2D eigenvalue weighted by atomic mass is 79.9. The number of carbonyl (C=O) groups excluding carboxylic acids is 2. The molecule has 1 aliphatic carbocycles. The quantitative estimate of drug-likeness (QED) is 0.499. The minimum atomic E-state index is -0.748. The first-order valence-electron chi connectivity index (χ1n) is 10.0. The van der Waals surface area contributed by atoms with Gasteiger partial charge < -0.3 is 9.64 Å². The standard InChI is InChI=1S/C24H27BrClNO3/c1-16(28)30-23(2,3)15-27(4)22(29)14-24(18-5-8-20(26)9-6-18)12-11-17-13-19(25)7-10-21(17)24/h5-10,13H,11-12,14-15H2,1-4H3/t24-/m1/s1. The van der Waals surface area contributed by atoms with Gasteiger partial charge in [-0.25, -0.2) is 0 Å². The van der Waals surface area contributed by atoms with Gasteiger partial charge >= 0.3 is 5.97 Å². The van der Waals surface area contributed by atoms with E-state index in [1.807, 2.05) is 44.2 Å². The van der Waals surface area contributed by atoms with E-state index in [9.17, 15) is 9.59 Å². The second-order valence-electron chi connectivity index (χ2n) is 8.67. The highest BCUT2D eigenvalue weighted by Crippen LogP contribution is 2.47. The lowest BCUT2D eigenvalue weighted by atomic mass is 9.72. The maximum Gasteiger partial charge on any atom is 0.303 e. The zero-order valence-electron chi connectivity index (χ0n) is 17.8. The van der Waals surface area contributed by atoms with E-state index in [2.05, 4.69) is 28.1 Å². The van der Waals surface area contributed by atoms with E-state index in [1.165, 1.54) is 18.1 Å². The largest absolute Gasteiger partial charge is 0.458 e. The molecule has 3 rings (SSSR count). The Balaban J connectivity index is 1.93. The molecule has 0 bridgehead atoms. The number of nitrogens with zero attached hydrogens (tertiary/aromatic N) is 1. The van der Waals surface area contributed by atoms with Gasteiger partial charge in [0.05, 0.1) is 6.54 Å². The normalized spacial score (nSPS) is 18.1. The smallest absolute Gasteiger partial charge is 0.303 e. The Bertz CT molecular complexity index is 957. The van der Waals surface area contributed by atoms with E-state index in [-0.39, 0.29) is 11.9 Å². The van der Waals surface area contributed by atoms with Crippen molar-refractivity contribution in [2.75, 3.05) is 13.6 Å². The first kappa shape index (κ1) is 22.8. The summed E-state index contributed by atoms with van der Waals surface area (Å²) in [6.45, 7) is 5.34. The third-order valence-corrected chi connectivity index (χ3v) is 6.46. The Morgan fingerprint density at radius 1 is 1.20 bits per heavy atom. The van der Waals surface area contributed by atoms with Gasteiger partial charge in [-0.1, -0.05) is 45.7 Å². The number of amides is 1. The zero-order chi connectivity index (χ0) is 22.1. The SMILES string of the molecule is CC(=O)OC(C)(C)CN(C)C(=O)C[C@@]1(c2ccc(Cl)cc2)CCc2cc(Br)ccc21. The van der Waals surface area contributed by atoms with Crippen LogP contribution in [0.4, 0.5) is 0 Å². The molecule has 0 unspecified atom stereocenters. The third kappa shape index (κ3) is 4.89. The molecular weight excluding hydrogens is 466 g/mol. The number of likely N-dealkylation sites (N-methyl/N-ethyl adjacent to an activating group) is 1. The summed E-state index contributed by atoms with van der Waals surface area (Å²) in [5.74, 6) is -0.338. The third-order valence-electron chi connectivity index (χ3n) is 5.72. The average molecular weight is 493 g/mol. The van der Waals surface area contributed by atoms with Crippen LogP contribution in [0.25, 0.3) is 0 Å². The van der Waals surface area contributed by atoms with Gasteiger partial charge in [0.1, 0.15) is 5.60 Å². The van der Waals surface area contributed by atoms with Crippen LogP contribution in [-0.2, 0) is 26.2 Å². The Morgan fingerprint density at radius 3 is 2.50 bits per heavy atom. The number of halogens is 2. The molecule has 0 heterocycles. The van der Waals surface area contributed by atoms with Gasteiger partial charge in [0.25, 0.3) is 0 Å². The van der Waals surface area contributed by atoms with Crippen LogP contribution in [0.3, 0.4) is 0 Å². The van der Waals surface area contributed by atoms with Crippen LogP contribution in [0.5, 0.6) is 0 Å². The second-order valence-corrected chi connectivity index (χ2v) is 10.0. The van der Waals surface area contributed by atoms with Gasteiger partial charge in [-0.2, -0.15) is 0 Å². The van der Waals surface area contributed by atoms with Gasteiger partial charge in [0.15, 0.2) is 0 Å². The maximum absolute atomic E-state index is 13.3. The molecule has 1 atom stereocenters. The predicted molar refractivity (Wildman–Crippen MR) is 123 cm³/mol. The van der Waals surface area contributed by atoms with E-state index < -0.39 is 11.0 Å². The molecule has 2 aromatic rings. The van der Waals surface area contributed by atoms with Gasteiger partial charge in [0, 0.05) is 35.3 Å². The zero-order valence-corrected chi connectivity index (χ0v) is 20.1. The first-order valence-corrected chi connectivity index (χ1v) is 11.2. The Hall–Kier alpha value is -1.85. The Labute approximate surface area is 191 Å². The summed E-state index contributed by atoms with van der Waals surface area (Å²) in [6.07, 6.45) is 2.11. The number of aryl methyl sites for hydroxylation is 1. The molecule has 0 radical (unpaired) electrons. The van der Waals surface area contributed by atoms with Crippen molar-refractivity contribution in [3.8, 4) is 0 Å². The van der Waals surface area contributed by atoms with E-state index in [0.29, 0.717) is 18.0 Å². The number of ether oxygens (including phenoxy) is 1. The first-order chi connectivity index (χ1) is 14.0. The molecule has 30 heavy (non-hydrogen) atoms. The molecule has 4 nitrogen and oxygen atoms in total. The van der Waals surface area contributed by atoms with Gasteiger partial charge in [-0.3, -0.25) is 9.59 Å². The molecule has 0 saturated heterocycles. The summed E-state index contributed by atoms with van der Waals surface area (Å²) >= 11 is 9.69. The van der Waals surface area contributed by atoms with Crippen molar-refractivity contribution in [1.82, 2.24) is 4.90 Å². The van der Waals surface area contributed by atoms with E-state index in [0.717, 1.165) is 22.9 Å². The van der Waals surface area contributed by atoms with Crippen LogP contribution in [0, 0.1) is 0 Å². The topological polar surface area (TPSA) is 46.6 Å². The summed E-state index contributed by atoms with van der Waals surface area (Å²) in [7, 11) is 1.76. The van der Waals surface area contributed by atoms with Crippen molar-refractivity contribution in [2.45, 2.75) is 51.0 Å². The van der Waals surface area contributed by atoms with Crippen molar-refractivity contribution in [2.24, 2.45) is 0 Å². The molecule has 0 N–H and O–H groups in total. The van der Waals surface area contributed by atoms with Crippen molar-refractivity contribution in [3.05, 3.63) is 68.7 Å². The molecule has 160 valence electrons. The average Bonchev–Trinajstić information content (AvgIpc) is 2.99. The van der Waals surface area contributed by atoms with Crippen molar-refractivity contribution in [1.29, 1.82) is 0 Å². The number of hydrogen-bond acceptors (Lipinski definition) is 3. The molecule has 6 heteroatoms. The lowest BCUT2D eigenvalue weighted by Crippen LogP contribution is -2.44. The number of fused-ring (bicyclic) bond motifs is 1. The maximum atomic E-state index is 13.3. The fourth-order valence-electron chi connectivity index (χ4n) is 4.55. The Kier molecular flexibility index (Phi) is 6.63. The number of benzene rings is 2. The molecule has 0 aromatic heterocycles. The predicted octanol–water partition coefficient (Wildman–Crippen LogP) is 5.53. The molecule has 2 aromatic carbocycles. The summed E-state index contributed by atoms with van der Waals surface area (Å²) in [4.78, 5) is 26.4. The van der Waals surface area contributed by atoms with Gasteiger partial charge in [0.2, 0.25) is 5.91 Å². The lowest BCUT2D eigenvalue weighted by molar-refractivity contribution is -0.157. The van der Waals surface area contributed by atoms with Gasteiger partial charge in [-0.05, 0) is 67.6 Å². The molecule has 1 aliphatic rings. The summed E-state index contributed by atoms with van der Waals surface area (Å²) in [5, 5.41) is 0.675. The molecule has 0 saturated carbocycles.